The van der Waals surface area contributed by atoms with Gasteiger partial charge in [0.2, 0.25) is 0 Å². The maximum absolute atomic E-state index is 2.35. The Balaban J connectivity index is 3.66. The van der Waals surface area contributed by atoms with E-state index in [0.717, 1.165) is 17.8 Å². The van der Waals surface area contributed by atoms with Crippen LogP contribution in [0.1, 0.15) is 66.7 Å². The molecule has 0 aliphatic carbocycles. The van der Waals surface area contributed by atoms with E-state index in [9.17, 15) is 0 Å². The predicted molar refractivity (Wildman–Crippen MR) is 61.9 cm³/mol. The Bertz CT molecular complexity index is 103. The monoisotopic (exact) mass is 184 g/mol. The van der Waals surface area contributed by atoms with Crippen molar-refractivity contribution in [3.8, 4) is 0 Å². The molecule has 0 heteroatoms. The summed E-state index contributed by atoms with van der Waals surface area (Å²) < 4.78 is 0. The van der Waals surface area contributed by atoms with Crippen LogP contribution in [0.25, 0.3) is 0 Å². The van der Waals surface area contributed by atoms with E-state index >= 15 is 0 Å². The Morgan fingerprint density at radius 3 is 1.77 bits per heavy atom. The normalized spacial score (nSPS) is 14.1. The minimum Gasteiger partial charge on any atom is -0.0654 e. The summed E-state index contributed by atoms with van der Waals surface area (Å²) in [6, 6.07) is 0. The van der Waals surface area contributed by atoms with E-state index in [0.29, 0.717) is 0 Å². The minimum atomic E-state index is 0.878. The SMILES string of the molecule is CCCC(CCC(C)C)CC(C)C. The van der Waals surface area contributed by atoms with Crippen molar-refractivity contribution in [3.05, 3.63) is 0 Å². The van der Waals surface area contributed by atoms with Gasteiger partial charge in [-0.2, -0.15) is 0 Å². The van der Waals surface area contributed by atoms with Gasteiger partial charge >= 0.3 is 0 Å². The zero-order valence-electron chi connectivity index (χ0n) is 10.3. The van der Waals surface area contributed by atoms with Gasteiger partial charge in [-0.05, 0) is 24.2 Å². The van der Waals surface area contributed by atoms with Crippen LogP contribution in [-0.4, -0.2) is 0 Å². The first-order chi connectivity index (χ1) is 6.06. The Kier molecular flexibility index (Phi) is 7.41. The molecule has 0 amide bonds. The highest BCUT2D eigenvalue weighted by Gasteiger charge is 2.10. The number of hydrogen-bond donors (Lipinski definition) is 0. The van der Waals surface area contributed by atoms with Crippen molar-refractivity contribution in [2.75, 3.05) is 0 Å². The molecule has 1 atom stereocenters. The van der Waals surface area contributed by atoms with Crippen molar-refractivity contribution >= 4 is 0 Å². The van der Waals surface area contributed by atoms with Crippen LogP contribution in [0.5, 0.6) is 0 Å². The summed E-state index contributed by atoms with van der Waals surface area (Å²) in [6.07, 6.45) is 7.09. The molecule has 0 bridgehead atoms. The molecule has 0 aromatic heterocycles. The van der Waals surface area contributed by atoms with Gasteiger partial charge in [0.05, 0.1) is 0 Å². The van der Waals surface area contributed by atoms with Gasteiger partial charge in [-0.3, -0.25) is 0 Å². The van der Waals surface area contributed by atoms with Crippen LogP contribution >= 0.6 is 0 Å². The van der Waals surface area contributed by atoms with Crippen molar-refractivity contribution in [1.29, 1.82) is 0 Å². The molecule has 0 spiro atoms. The van der Waals surface area contributed by atoms with Crippen molar-refractivity contribution in [1.82, 2.24) is 0 Å². The van der Waals surface area contributed by atoms with Gasteiger partial charge in [-0.15, -0.1) is 0 Å². The van der Waals surface area contributed by atoms with Gasteiger partial charge in [0.25, 0.3) is 0 Å². The highest BCUT2D eigenvalue weighted by Crippen LogP contribution is 2.23. The molecule has 1 unspecified atom stereocenters. The van der Waals surface area contributed by atoms with Crippen LogP contribution < -0.4 is 0 Å². The molecule has 0 rings (SSSR count). The third-order valence-corrected chi connectivity index (χ3v) is 2.65. The zero-order valence-corrected chi connectivity index (χ0v) is 10.3. The number of hydrogen-bond acceptors (Lipinski definition) is 0. The number of rotatable bonds is 7. The topological polar surface area (TPSA) is 0 Å². The van der Waals surface area contributed by atoms with Crippen molar-refractivity contribution in [2.24, 2.45) is 17.8 Å². The Morgan fingerprint density at radius 2 is 1.38 bits per heavy atom. The Labute approximate surface area is 85.1 Å². The average Bonchev–Trinajstić information content (AvgIpc) is 1.99. The van der Waals surface area contributed by atoms with Crippen molar-refractivity contribution in [3.63, 3.8) is 0 Å². The quantitative estimate of drug-likeness (QED) is 0.528. The summed E-state index contributed by atoms with van der Waals surface area (Å²) in [5.74, 6) is 2.75. The average molecular weight is 184 g/mol. The summed E-state index contributed by atoms with van der Waals surface area (Å²) in [4.78, 5) is 0. The standard InChI is InChI=1S/C13H28/c1-6-7-13(10-12(4)5)9-8-11(2)3/h11-13H,6-10H2,1-5H3. The summed E-state index contributed by atoms with van der Waals surface area (Å²) in [5, 5.41) is 0. The molecule has 80 valence electrons. The van der Waals surface area contributed by atoms with Crippen LogP contribution in [0.3, 0.4) is 0 Å². The third-order valence-electron chi connectivity index (χ3n) is 2.65. The van der Waals surface area contributed by atoms with E-state index in [1.807, 2.05) is 0 Å². The van der Waals surface area contributed by atoms with Crippen molar-refractivity contribution < 1.29 is 0 Å². The van der Waals surface area contributed by atoms with E-state index in [4.69, 9.17) is 0 Å². The lowest BCUT2D eigenvalue weighted by Crippen LogP contribution is -2.06. The van der Waals surface area contributed by atoms with Crippen LogP contribution in [0.2, 0.25) is 0 Å². The molecule has 0 aromatic rings. The lowest BCUT2D eigenvalue weighted by molar-refractivity contribution is 0.335. The van der Waals surface area contributed by atoms with Gasteiger partial charge in [0, 0.05) is 0 Å². The van der Waals surface area contributed by atoms with Gasteiger partial charge in [0.1, 0.15) is 0 Å². The first-order valence-electron chi connectivity index (χ1n) is 6.06. The fourth-order valence-corrected chi connectivity index (χ4v) is 2.02. The molecule has 13 heavy (non-hydrogen) atoms. The third kappa shape index (κ3) is 8.33. The lowest BCUT2D eigenvalue weighted by Gasteiger charge is -2.19. The van der Waals surface area contributed by atoms with E-state index in [2.05, 4.69) is 34.6 Å². The summed E-state index contributed by atoms with van der Waals surface area (Å²) in [5.41, 5.74) is 0. The molecule has 0 saturated heterocycles. The van der Waals surface area contributed by atoms with Gasteiger partial charge in [-0.25, -0.2) is 0 Å². The molecule has 0 aliphatic heterocycles. The van der Waals surface area contributed by atoms with Gasteiger partial charge < -0.3 is 0 Å². The van der Waals surface area contributed by atoms with Crippen LogP contribution in [-0.2, 0) is 0 Å². The molecule has 0 N–H and O–H groups in total. The minimum absolute atomic E-state index is 0.878. The van der Waals surface area contributed by atoms with E-state index in [1.54, 1.807) is 0 Å². The second-order valence-corrected chi connectivity index (χ2v) is 5.26. The van der Waals surface area contributed by atoms with Crippen LogP contribution in [0.15, 0.2) is 0 Å². The molecular weight excluding hydrogens is 156 g/mol. The highest BCUT2D eigenvalue weighted by molar-refractivity contribution is 4.62. The molecule has 0 aromatic carbocycles. The van der Waals surface area contributed by atoms with Gasteiger partial charge in [0.15, 0.2) is 0 Å². The smallest absolute Gasteiger partial charge is 0.0412 e. The Hall–Kier alpha value is 0. The first kappa shape index (κ1) is 13.0. The molecular formula is C13H28. The summed E-state index contributed by atoms with van der Waals surface area (Å²) in [7, 11) is 0. The van der Waals surface area contributed by atoms with Crippen molar-refractivity contribution in [2.45, 2.75) is 66.7 Å². The maximum Gasteiger partial charge on any atom is -0.0412 e. The predicted octanol–water partition coefficient (Wildman–Crippen LogP) is 4.89. The molecule has 0 nitrogen and oxygen atoms in total. The van der Waals surface area contributed by atoms with E-state index in [-0.39, 0.29) is 0 Å². The zero-order chi connectivity index (χ0) is 10.3. The summed E-state index contributed by atoms with van der Waals surface area (Å²) >= 11 is 0. The molecule has 0 radical (unpaired) electrons. The molecule has 0 fully saturated rings. The highest BCUT2D eigenvalue weighted by atomic mass is 14.2. The maximum atomic E-state index is 2.35. The van der Waals surface area contributed by atoms with Crippen LogP contribution in [0, 0.1) is 17.8 Å². The first-order valence-corrected chi connectivity index (χ1v) is 6.06. The molecule has 0 aliphatic rings. The molecule has 0 saturated carbocycles. The largest absolute Gasteiger partial charge is 0.0654 e. The summed E-state index contributed by atoms with van der Waals surface area (Å²) in [6.45, 7) is 11.7. The van der Waals surface area contributed by atoms with E-state index in [1.165, 1.54) is 32.1 Å². The molecule has 0 heterocycles. The van der Waals surface area contributed by atoms with Crippen LogP contribution in [0.4, 0.5) is 0 Å². The lowest BCUT2D eigenvalue weighted by atomic mass is 9.87. The second-order valence-electron chi connectivity index (χ2n) is 5.26. The Morgan fingerprint density at radius 1 is 0.769 bits per heavy atom. The van der Waals surface area contributed by atoms with Gasteiger partial charge in [-0.1, -0.05) is 60.3 Å². The fourth-order valence-electron chi connectivity index (χ4n) is 2.02. The van der Waals surface area contributed by atoms with E-state index < -0.39 is 0 Å². The fraction of sp³-hybridized carbons (Fsp3) is 1.00. The second kappa shape index (κ2) is 7.41.